The number of carboxylic acid groups (broad SMARTS) is 1. The molecule has 0 saturated carbocycles. The Labute approximate surface area is 77.5 Å². The summed E-state index contributed by atoms with van der Waals surface area (Å²) in [5, 5.41) is 8.51. The van der Waals surface area contributed by atoms with E-state index in [4.69, 9.17) is 10.8 Å². The molecule has 0 aliphatic heterocycles. The fourth-order valence-electron chi connectivity index (χ4n) is 0.988. The maximum atomic E-state index is 11.1. The highest BCUT2D eigenvalue weighted by atomic mass is 16.4. The third-order valence-corrected chi connectivity index (χ3v) is 1.44. The Kier molecular flexibility index (Phi) is 5.06. The minimum atomic E-state index is -1.01. The first-order valence-corrected chi connectivity index (χ1v) is 4.17. The van der Waals surface area contributed by atoms with Crippen molar-refractivity contribution >= 4 is 11.9 Å². The summed E-state index contributed by atoms with van der Waals surface area (Å²) < 4.78 is 0. The average molecular weight is 188 g/mol. The summed E-state index contributed by atoms with van der Waals surface area (Å²) in [7, 11) is 0. The molecule has 3 N–H and O–H groups in total. The molecule has 0 spiro atoms. The van der Waals surface area contributed by atoms with Crippen LogP contribution in [0.4, 0.5) is 0 Å². The first-order chi connectivity index (χ1) is 5.97. The number of nitrogens with zero attached hydrogens (tertiary/aromatic N) is 1. The van der Waals surface area contributed by atoms with Crippen molar-refractivity contribution in [3.63, 3.8) is 0 Å². The lowest BCUT2D eigenvalue weighted by atomic mass is 10.2. The van der Waals surface area contributed by atoms with Crippen LogP contribution in [0, 0.1) is 5.92 Å². The highest BCUT2D eigenvalue weighted by molar-refractivity contribution is 5.82. The van der Waals surface area contributed by atoms with Crippen molar-refractivity contribution < 1.29 is 14.7 Å². The van der Waals surface area contributed by atoms with Crippen LogP contribution in [0.1, 0.15) is 13.8 Å². The van der Waals surface area contributed by atoms with Crippen molar-refractivity contribution in [3.8, 4) is 0 Å². The molecular formula is C8H16N2O3. The molecule has 5 nitrogen and oxygen atoms in total. The lowest BCUT2D eigenvalue weighted by Gasteiger charge is -2.21. The Bertz CT molecular complexity index is 192. The summed E-state index contributed by atoms with van der Waals surface area (Å²) in [5.74, 6) is -1.09. The molecule has 5 heteroatoms. The Morgan fingerprint density at radius 1 is 1.46 bits per heavy atom. The number of nitrogens with two attached hydrogens (primary N) is 1. The summed E-state index contributed by atoms with van der Waals surface area (Å²) in [6.07, 6.45) is 0. The van der Waals surface area contributed by atoms with Gasteiger partial charge in [-0.25, -0.2) is 0 Å². The van der Waals surface area contributed by atoms with E-state index in [0.29, 0.717) is 6.54 Å². The molecular weight excluding hydrogens is 172 g/mol. The zero-order valence-corrected chi connectivity index (χ0v) is 7.99. The number of hydrogen-bond acceptors (Lipinski definition) is 3. The zero-order valence-electron chi connectivity index (χ0n) is 7.99. The molecule has 0 aromatic carbocycles. The standard InChI is InChI=1S/C8H16N2O3/c1-6(2)4-10(5-8(12)13)7(11)3-9/h6H,3-5,9H2,1-2H3,(H,12,13). The van der Waals surface area contributed by atoms with E-state index in [-0.39, 0.29) is 24.9 Å². The van der Waals surface area contributed by atoms with Crippen LogP contribution in [0.2, 0.25) is 0 Å². The summed E-state index contributed by atoms with van der Waals surface area (Å²) >= 11 is 0. The number of carbonyl (C=O) groups excluding carboxylic acids is 1. The lowest BCUT2D eigenvalue weighted by molar-refractivity contribution is -0.144. The van der Waals surface area contributed by atoms with Crippen LogP contribution in [0.25, 0.3) is 0 Å². The van der Waals surface area contributed by atoms with E-state index in [1.54, 1.807) is 0 Å². The molecule has 1 amide bonds. The van der Waals surface area contributed by atoms with Crippen LogP contribution in [0.5, 0.6) is 0 Å². The molecule has 13 heavy (non-hydrogen) atoms. The van der Waals surface area contributed by atoms with Crippen LogP contribution >= 0.6 is 0 Å². The van der Waals surface area contributed by atoms with Gasteiger partial charge in [0.15, 0.2) is 0 Å². The second-order valence-electron chi connectivity index (χ2n) is 3.27. The van der Waals surface area contributed by atoms with Gasteiger partial charge in [0.05, 0.1) is 6.54 Å². The second kappa shape index (κ2) is 5.53. The molecule has 0 saturated heterocycles. The Morgan fingerprint density at radius 2 is 2.00 bits per heavy atom. The molecule has 0 aromatic rings. The molecule has 0 aliphatic rings. The monoisotopic (exact) mass is 188 g/mol. The molecule has 0 aromatic heterocycles. The molecule has 0 aliphatic carbocycles. The maximum absolute atomic E-state index is 11.1. The number of carbonyl (C=O) groups is 2. The summed E-state index contributed by atoms with van der Waals surface area (Å²) in [4.78, 5) is 22.8. The van der Waals surface area contributed by atoms with Gasteiger partial charge in [-0.1, -0.05) is 13.8 Å². The first-order valence-electron chi connectivity index (χ1n) is 4.17. The Hall–Kier alpha value is -1.10. The Morgan fingerprint density at radius 3 is 2.31 bits per heavy atom. The Balaban J connectivity index is 4.18. The fraction of sp³-hybridized carbons (Fsp3) is 0.750. The van der Waals surface area contributed by atoms with E-state index in [9.17, 15) is 9.59 Å². The van der Waals surface area contributed by atoms with E-state index in [0.717, 1.165) is 0 Å². The SMILES string of the molecule is CC(C)CN(CC(=O)O)C(=O)CN. The van der Waals surface area contributed by atoms with E-state index < -0.39 is 5.97 Å². The van der Waals surface area contributed by atoms with Crippen LogP contribution in [0.3, 0.4) is 0 Å². The van der Waals surface area contributed by atoms with Crippen LogP contribution in [-0.2, 0) is 9.59 Å². The zero-order chi connectivity index (χ0) is 10.4. The van der Waals surface area contributed by atoms with Gasteiger partial charge in [0.2, 0.25) is 5.91 Å². The van der Waals surface area contributed by atoms with Gasteiger partial charge in [0.25, 0.3) is 0 Å². The van der Waals surface area contributed by atoms with Crippen molar-refractivity contribution in [3.05, 3.63) is 0 Å². The molecule has 0 atom stereocenters. The van der Waals surface area contributed by atoms with Gasteiger partial charge in [-0.05, 0) is 5.92 Å². The van der Waals surface area contributed by atoms with Crippen molar-refractivity contribution in [2.24, 2.45) is 11.7 Å². The predicted octanol–water partition coefficient (Wildman–Crippen LogP) is -0.486. The number of hydrogen-bond donors (Lipinski definition) is 2. The number of rotatable bonds is 5. The van der Waals surface area contributed by atoms with Gasteiger partial charge in [0.1, 0.15) is 6.54 Å². The minimum Gasteiger partial charge on any atom is -0.480 e. The van der Waals surface area contributed by atoms with E-state index >= 15 is 0 Å². The van der Waals surface area contributed by atoms with E-state index in [1.165, 1.54) is 4.90 Å². The number of amides is 1. The predicted molar refractivity (Wildman–Crippen MR) is 48.1 cm³/mol. The van der Waals surface area contributed by atoms with Crippen molar-refractivity contribution in [2.75, 3.05) is 19.6 Å². The molecule has 0 bridgehead atoms. The highest BCUT2D eigenvalue weighted by Gasteiger charge is 2.15. The van der Waals surface area contributed by atoms with Crippen LogP contribution in [0.15, 0.2) is 0 Å². The van der Waals surface area contributed by atoms with Crippen molar-refractivity contribution in [2.45, 2.75) is 13.8 Å². The summed E-state index contributed by atoms with van der Waals surface area (Å²) in [5.41, 5.74) is 5.14. The summed E-state index contributed by atoms with van der Waals surface area (Å²) in [6, 6.07) is 0. The highest BCUT2D eigenvalue weighted by Crippen LogP contribution is 1.98. The van der Waals surface area contributed by atoms with Gasteiger partial charge in [-0.2, -0.15) is 0 Å². The van der Waals surface area contributed by atoms with Crippen molar-refractivity contribution in [1.82, 2.24) is 4.90 Å². The van der Waals surface area contributed by atoms with Crippen LogP contribution < -0.4 is 5.73 Å². The van der Waals surface area contributed by atoms with E-state index in [1.807, 2.05) is 13.8 Å². The van der Waals surface area contributed by atoms with Crippen LogP contribution in [-0.4, -0.2) is 41.5 Å². The molecule has 0 fully saturated rings. The third-order valence-electron chi connectivity index (χ3n) is 1.44. The van der Waals surface area contributed by atoms with Gasteiger partial charge < -0.3 is 15.7 Å². The third kappa shape index (κ3) is 5.19. The molecule has 0 unspecified atom stereocenters. The molecule has 0 radical (unpaired) electrons. The van der Waals surface area contributed by atoms with E-state index in [2.05, 4.69) is 0 Å². The number of aliphatic carboxylic acids is 1. The smallest absolute Gasteiger partial charge is 0.323 e. The fourth-order valence-corrected chi connectivity index (χ4v) is 0.988. The maximum Gasteiger partial charge on any atom is 0.323 e. The van der Waals surface area contributed by atoms with Gasteiger partial charge in [0, 0.05) is 6.54 Å². The normalized spacial score (nSPS) is 10.2. The quantitative estimate of drug-likeness (QED) is 0.610. The number of carboxylic acids is 1. The largest absolute Gasteiger partial charge is 0.480 e. The van der Waals surface area contributed by atoms with Gasteiger partial charge in [-0.15, -0.1) is 0 Å². The minimum absolute atomic E-state index is 0.139. The lowest BCUT2D eigenvalue weighted by Crippen LogP contribution is -2.41. The summed E-state index contributed by atoms with van der Waals surface area (Å²) in [6.45, 7) is 3.86. The van der Waals surface area contributed by atoms with Gasteiger partial charge in [-0.3, -0.25) is 9.59 Å². The molecule has 0 heterocycles. The second-order valence-corrected chi connectivity index (χ2v) is 3.27. The topological polar surface area (TPSA) is 83.6 Å². The van der Waals surface area contributed by atoms with Gasteiger partial charge >= 0.3 is 5.97 Å². The first kappa shape index (κ1) is 11.9. The van der Waals surface area contributed by atoms with Crippen molar-refractivity contribution in [1.29, 1.82) is 0 Å². The molecule has 0 rings (SSSR count). The molecule has 76 valence electrons. The average Bonchev–Trinajstić information content (AvgIpc) is 2.00.